The molecule has 1 fully saturated rings. The zero-order valence-corrected chi connectivity index (χ0v) is 12.0. The number of benzene rings is 1. The first kappa shape index (κ1) is 14.0. The molecule has 0 amide bonds. The van der Waals surface area contributed by atoms with E-state index in [9.17, 15) is 10.1 Å². The van der Waals surface area contributed by atoms with Crippen LogP contribution < -0.4 is 10.6 Å². The van der Waals surface area contributed by atoms with Crippen LogP contribution in [0.2, 0.25) is 0 Å². The van der Waals surface area contributed by atoms with Crippen LogP contribution in [0.25, 0.3) is 0 Å². The molecule has 0 unspecified atom stereocenters. The van der Waals surface area contributed by atoms with Gasteiger partial charge in [-0.1, -0.05) is 6.07 Å². The van der Waals surface area contributed by atoms with Crippen molar-refractivity contribution >= 4 is 28.8 Å². The van der Waals surface area contributed by atoms with Crippen molar-refractivity contribution in [2.24, 2.45) is 0 Å². The summed E-state index contributed by atoms with van der Waals surface area (Å²) >= 11 is 1.84. The first-order valence-electron chi connectivity index (χ1n) is 6.42. The first-order valence-corrected chi connectivity index (χ1v) is 7.64. The second-order valence-corrected chi connectivity index (χ2v) is 6.00. The standard InChI is InChI=1S/C13H19N3O2S/c1-3-14-10-5-4-6-11(12(10)16(17)18)15-9-13(19-2)7-8-13/h4-6,14-15H,3,7-9H2,1-2H3. The number of rotatable bonds is 7. The summed E-state index contributed by atoms with van der Waals surface area (Å²) in [5.74, 6) is 0. The largest absolute Gasteiger partial charge is 0.380 e. The summed E-state index contributed by atoms with van der Waals surface area (Å²) in [6, 6.07) is 5.36. The SMILES string of the molecule is CCNc1cccc(NCC2(SC)CC2)c1[N+](=O)[O-]. The van der Waals surface area contributed by atoms with Gasteiger partial charge in [-0.2, -0.15) is 11.8 Å². The summed E-state index contributed by atoms with van der Waals surface area (Å²) in [7, 11) is 0. The van der Waals surface area contributed by atoms with Crippen molar-refractivity contribution in [3.05, 3.63) is 28.3 Å². The van der Waals surface area contributed by atoms with Crippen LogP contribution in [-0.4, -0.2) is 29.0 Å². The summed E-state index contributed by atoms with van der Waals surface area (Å²) < 4.78 is 0.280. The minimum Gasteiger partial charge on any atom is -0.380 e. The van der Waals surface area contributed by atoms with Crippen LogP contribution in [0.15, 0.2) is 18.2 Å². The molecule has 0 bridgehead atoms. The molecule has 0 radical (unpaired) electrons. The van der Waals surface area contributed by atoms with Crippen LogP contribution in [0.5, 0.6) is 0 Å². The topological polar surface area (TPSA) is 67.2 Å². The van der Waals surface area contributed by atoms with Crippen LogP contribution >= 0.6 is 11.8 Å². The molecule has 5 nitrogen and oxygen atoms in total. The van der Waals surface area contributed by atoms with Gasteiger partial charge in [0.15, 0.2) is 0 Å². The number of para-hydroxylation sites is 1. The van der Waals surface area contributed by atoms with Gasteiger partial charge >= 0.3 is 5.69 Å². The quantitative estimate of drug-likeness (QED) is 0.592. The number of anilines is 2. The normalized spacial score (nSPS) is 15.9. The van der Waals surface area contributed by atoms with Gasteiger partial charge in [0, 0.05) is 17.8 Å². The maximum Gasteiger partial charge on any atom is 0.315 e. The van der Waals surface area contributed by atoms with Gasteiger partial charge in [0.25, 0.3) is 0 Å². The number of hydrogen-bond acceptors (Lipinski definition) is 5. The monoisotopic (exact) mass is 281 g/mol. The van der Waals surface area contributed by atoms with Crippen molar-refractivity contribution in [1.82, 2.24) is 0 Å². The van der Waals surface area contributed by atoms with Gasteiger partial charge in [0.2, 0.25) is 0 Å². The number of nitro benzene ring substituents is 1. The highest BCUT2D eigenvalue weighted by molar-refractivity contribution is 8.00. The highest BCUT2D eigenvalue weighted by Gasteiger charge is 2.41. The molecule has 19 heavy (non-hydrogen) atoms. The number of nitrogens with zero attached hydrogens (tertiary/aromatic N) is 1. The molecule has 1 aromatic carbocycles. The average molecular weight is 281 g/mol. The Kier molecular flexibility index (Phi) is 4.19. The molecule has 0 heterocycles. The van der Waals surface area contributed by atoms with Crippen molar-refractivity contribution in [3.63, 3.8) is 0 Å². The van der Waals surface area contributed by atoms with Gasteiger partial charge < -0.3 is 10.6 Å². The molecular formula is C13H19N3O2S. The zero-order chi connectivity index (χ0) is 13.9. The molecule has 1 aliphatic carbocycles. The summed E-state index contributed by atoms with van der Waals surface area (Å²) in [4.78, 5) is 10.9. The fourth-order valence-corrected chi connectivity index (χ4v) is 2.79. The third-order valence-corrected chi connectivity index (χ3v) is 4.85. The molecule has 6 heteroatoms. The second kappa shape index (κ2) is 5.69. The van der Waals surface area contributed by atoms with Crippen molar-refractivity contribution in [2.75, 3.05) is 30.0 Å². The summed E-state index contributed by atoms with van der Waals surface area (Å²) in [6.45, 7) is 3.38. The lowest BCUT2D eigenvalue weighted by atomic mass is 10.2. The molecule has 104 valence electrons. The number of hydrogen-bond donors (Lipinski definition) is 2. The lowest BCUT2D eigenvalue weighted by Crippen LogP contribution is -2.18. The van der Waals surface area contributed by atoms with Crippen molar-refractivity contribution < 1.29 is 4.92 Å². The van der Waals surface area contributed by atoms with Gasteiger partial charge in [-0.3, -0.25) is 10.1 Å². The number of nitrogens with one attached hydrogen (secondary N) is 2. The summed E-state index contributed by atoms with van der Waals surface area (Å²) in [5, 5.41) is 17.5. The van der Waals surface area contributed by atoms with Crippen LogP contribution in [0.3, 0.4) is 0 Å². The van der Waals surface area contributed by atoms with E-state index in [0.29, 0.717) is 17.9 Å². The predicted octanol–water partition coefficient (Wildman–Crippen LogP) is 3.33. The van der Waals surface area contributed by atoms with Crippen molar-refractivity contribution in [2.45, 2.75) is 24.5 Å². The van der Waals surface area contributed by atoms with Gasteiger partial charge in [-0.05, 0) is 38.2 Å². The van der Waals surface area contributed by atoms with Crippen LogP contribution in [-0.2, 0) is 0 Å². The van der Waals surface area contributed by atoms with E-state index in [0.717, 1.165) is 6.54 Å². The van der Waals surface area contributed by atoms with E-state index >= 15 is 0 Å². The molecule has 0 saturated heterocycles. The average Bonchev–Trinajstić information content (AvgIpc) is 3.17. The van der Waals surface area contributed by atoms with Gasteiger partial charge in [0.1, 0.15) is 11.4 Å². The Morgan fingerprint density at radius 3 is 2.47 bits per heavy atom. The maximum absolute atomic E-state index is 11.2. The molecule has 0 aliphatic heterocycles. The molecule has 1 aromatic rings. The highest BCUT2D eigenvalue weighted by Crippen LogP contribution is 2.47. The minimum absolute atomic E-state index is 0.140. The van der Waals surface area contributed by atoms with Gasteiger partial charge in [-0.25, -0.2) is 0 Å². The third-order valence-electron chi connectivity index (χ3n) is 3.43. The molecular weight excluding hydrogens is 262 g/mol. The molecule has 0 aromatic heterocycles. The Morgan fingerprint density at radius 2 is 2.00 bits per heavy atom. The van der Waals surface area contributed by atoms with Gasteiger partial charge in [0.05, 0.1) is 4.92 Å². The van der Waals surface area contributed by atoms with Crippen LogP contribution in [0, 0.1) is 10.1 Å². The molecule has 2 N–H and O–H groups in total. The maximum atomic E-state index is 11.2. The Balaban J connectivity index is 2.19. The lowest BCUT2D eigenvalue weighted by Gasteiger charge is -2.15. The van der Waals surface area contributed by atoms with Crippen LogP contribution in [0.1, 0.15) is 19.8 Å². The molecule has 1 saturated carbocycles. The van der Waals surface area contributed by atoms with E-state index in [4.69, 9.17) is 0 Å². The van der Waals surface area contributed by atoms with Crippen molar-refractivity contribution in [3.8, 4) is 0 Å². The summed E-state index contributed by atoms with van der Waals surface area (Å²) in [5.41, 5.74) is 1.32. The van der Waals surface area contributed by atoms with Crippen molar-refractivity contribution in [1.29, 1.82) is 0 Å². The fourth-order valence-electron chi connectivity index (χ4n) is 2.06. The summed E-state index contributed by atoms with van der Waals surface area (Å²) in [6.07, 6.45) is 4.46. The molecule has 0 spiro atoms. The van der Waals surface area contributed by atoms with E-state index in [1.807, 2.05) is 24.8 Å². The van der Waals surface area contributed by atoms with E-state index in [1.165, 1.54) is 12.8 Å². The molecule has 0 atom stereocenters. The van der Waals surface area contributed by atoms with E-state index < -0.39 is 0 Å². The first-order chi connectivity index (χ1) is 9.12. The fraction of sp³-hybridized carbons (Fsp3) is 0.538. The second-order valence-electron chi connectivity index (χ2n) is 4.73. The van der Waals surface area contributed by atoms with Gasteiger partial charge in [-0.15, -0.1) is 0 Å². The Morgan fingerprint density at radius 1 is 1.37 bits per heavy atom. The smallest absolute Gasteiger partial charge is 0.315 e. The third kappa shape index (κ3) is 3.12. The Labute approximate surface area is 117 Å². The highest BCUT2D eigenvalue weighted by atomic mass is 32.2. The molecule has 1 aliphatic rings. The number of thioether (sulfide) groups is 1. The van der Waals surface area contributed by atoms with E-state index in [1.54, 1.807) is 12.1 Å². The van der Waals surface area contributed by atoms with E-state index in [-0.39, 0.29) is 15.4 Å². The Bertz CT molecular complexity index is 475. The predicted molar refractivity (Wildman–Crippen MR) is 81.2 cm³/mol. The number of nitro groups is 1. The zero-order valence-electron chi connectivity index (χ0n) is 11.2. The Hall–Kier alpha value is -1.43. The lowest BCUT2D eigenvalue weighted by molar-refractivity contribution is -0.383. The molecule has 2 rings (SSSR count). The minimum atomic E-state index is -0.320. The van der Waals surface area contributed by atoms with Crippen LogP contribution in [0.4, 0.5) is 17.1 Å². The van der Waals surface area contributed by atoms with E-state index in [2.05, 4.69) is 16.9 Å².